The van der Waals surface area contributed by atoms with Gasteiger partial charge in [0.15, 0.2) is 5.82 Å². The van der Waals surface area contributed by atoms with E-state index in [0.29, 0.717) is 42.4 Å². The molecule has 2 heterocycles. The largest absolute Gasteiger partial charge is 0.340 e. The number of imide groups is 1. The first-order valence-electron chi connectivity index (χ1n) is 13.9. The molecule has 5 rings (SSSR count). The molecule has 1 atom stereocenters. The van der Waals surface area contributed by atoms with Gasteiger partial charge < -0.3 is 11.5 Å². The summed E-state index contributed by atoms with van der Waals surface area (Å²) in [5, 5.41) is 6.29. The number of nitrogens with zero attached hydrogens (tertiary/aromatic N) is 3. The number of nitrogens with one attached hydrogen (secondary N) is 2. The number of hydrogen-bond donors (Lipinski definition) is 4. The van der Waals surface area contributed by atoms with Crippen LogP contribution in [0.1, 0.15) is 36.8 Å². The third-order valence-corrected chi connectivity index (χ3v) is 7.90. The quantitative estimate of drug-likeness (QED) is 0.243. The lowest BCUT2D eigenvalue weighted by atomic mass is 9.81. The number of rotatable bonds is 8. The Labute approximate surface area is 250 Å². The molecule has 220 valence electrons. The van der Waals surface area contributed by atoms with E-state index in [-0.39, 0.29) is 30.7 Å². The van der Waals surface area contributed by atoms with Crippen LogP contribution in [-0.4, -0.2) is 44.6 Å². The number of nitrogens with two attached hydrogens (primary N) is 2. The van der Waals surface area contributed by atoms with Crippen LogP contribution in [0, 0.1) is 18.8 Å². The highest BCUT2D eigenvalue weighted by atomic mass is 35.5. The van der Waals surface area contributed by atoms with Crippen LogP contribution >= 0.6 is 12.4 Å². The molecule has 0 spiro atoms. The number of anilines is 1. The van der Waals surface area contributed by atoms with Gasteiger partial charge in [-0.15, -0.1) is 12.4 Å². The van der Waals surface area contributed by atoms with Crippen molar-refractivity contribution in [3.63, 3.8) is 0 Å². The van der Waals surface area contributed by atoms with Crippen LogP contribution in [0.4, 0.5) is 5.69 Å². The number of H-pyrrole nitrogens is 2. The average Bonchev–Trinajstić information content (AvgIpc) is 3.44. The SMILES string of the molecule is Cc1cnccc1-c1cccc(C[C@H](N)C(=O)N(C(=O)C2CCC(CN)CC2)c2ccc(-c3n[nH]c(=O)[nH]3)cc2)c1.Cl. The predicted molar refractivity (Wildman–Crippen MR) is 165 cm³/mol. The van der Waals surface area contributed by atoms with E-state index in [4.69, 9.17) is 11.5 Å². The van der Waals surface area contributed by atoms with Crippen molar-refractivity contribution in [2.45, 2.75) is 45.1 Å². The molecule has 1 aliphatic rings. The van der Waals surface area contributed by atoms with Gasteiger partial charge in [-0.2, -0.15) is 5.10 Å². The molecule has 1 aliphatic carbocycles. The zero-order chi connectivity index (χ0) is 28.9. The fourth-order valence-electron chi connectivity index (χ4n) is 5.54. The van der Waals surface area contributed by atoms with Gasteiger partial charge in [0.2, 0.25) is 5.91 Å². The second kappa shape index (κ2) is 13.7. The number of carbonyl (C=O) groups excluding carboxylic acids is 2. The summed E-state index contributed by atoms with van der Waals surface area (Å²) in [5.41, 5.74) is 17.0. The van der Waals surface area contributed by atoms with Gasteiger partial charge in [-0.1, -0.05) is 24.3 Å². The first-order valence-corrected chi connectivity index (χ1v) is 13.9. The van der Waals surface area contributed by atoms with Crippen LogP contribution in [0.3, 0.4) is 0 Å². The Balaban J connectivity index is 0.00000405. The van der Waals surface area contributed by atoms with Crippen molar-refractivity contribution in [2.24, 2.45) is 23.3 Å². The van der Waals surface area contributed by atoms with Crippen molar-refractivity contribution >= 4 is 29.9 Å². The minimum atomic E-state index is -0.935. The molecule has 1 fully saturated rings. The Morgan fingerprint density at radius 1 is 1.05 bits per heavy atom. The van der Waals surface area contributed by atoms with E-state index in [1.165, 1.54) is 4.90 Å². The van der Waals surface area contributed by atoms with Gasteiger partial charge in [0.1, 0.15) is 0 Å². The topological polar surface area (TPSA) is 164 Å². The van der Waals surface area contributed by atoms with E-state index in [2.05, 4.69) is 20.2 Å². The summed E-state index contributed by atoms with van der Waals surface area (Å²) in [6.07, 6.45) is 6.91. The maximum Gasteiger partial charge on any atom is 0.340 e. The maximum atomic E-state index is 13.9. The predicted octanol–water partition coefficient (Wildman–Crippen LogP) is 3.75. The molecule has 0 aliphatic heterocycles. The fraction of sp³-hybridized carbons (Fsp3) is 0.323. The normalized spacial score (nSPS) is 17.2. The second-order valence-electron chi connectivity index (χ2n) is 10.7. The zero-order valence-corrected chi connectivity index (χ0v) is 24.3. The van der Waals surface area contributed by atoms with E-state index in [1.54, 1.807) is 30.5 Å². The smallest absolute Gasteiger partial charge is 0.330 e. The van der Waals surface area contributed by atoms with Crippen LogP contribution in [-0.2, 0) is 16.0 Å². The Hall–Kier alpha value is -4.12. The highest BCUT2D eigenvalue weighted by Crippen LogP contribution is 2.32. The molecule has 1 saturated carbocycles. The number of aromatic amines is 2. The summed E-state index contributed by atoms with van der Waals surface area (Å²) >= 11 is 0. The lowest BCUT2D eigenvalue weighted by Gasteiger charge is -2.32. The molecule has 42 heavy (non-hydrogen) atoms. The third kappa shape index (κ3) is 6.84. The van der Waals surface area contributed by atoms with Gasteiger partial charge >= 0.3 is 5.69 Å². The molecule has 6 N–H and O–H groups in total. The van der Waals surface area contributed by atoms with Crippen LogP contribution in [0.25, 0.3) is 22.5 Å². The molecule has 2 amide bonds. The summed E-state index contributed by atoms with van der Waals surface area (Å²) in [6, 6.07) is 15.7. The molecular formula is C31H36ClN7O3. The van der Waals surface area contributed by atoms with E-state index < -0.39 is 17.6 Å². The number of benzene rings is 2. The van der Waals surface area contributed by atoms with E-state index in [9.17, 15) is 14.4 Å². The van der Waals surface area contributed by atoms with Gasteiger partial charge in [-0.25, -0.2) is 14.8 Å². The Morgan fingerprint density at radius 2 is 1.79 bits per heavy atom. The van der Waals surface area contributed by atoms with Gasteiger partial charge in [-0.3, -0.25) is 19.6 Å². The summed E-state index contributed by atoms with van der Waals surface area (Å²) in [4.78, 5) is 47.3. The van der Waals surface area contributed by atoms with Crippen molar-refractivity contribution in [2.75, 3.05) is 11.4 Å². The molecular weight excluding hydrogens is 554 g/mol. The molecule has 0 saturated heterocycles. The number of hydrogen-bond acceptors (Lipinski definition) is 7. The lowest BCUT2D eigenvalue weighted by Crippen LogP contribution is -2.50. The van der Waals surface area contributed by atoms with Crippen molar-refractivity contribution < 1.29 is 9.59 Å². The van der Waals surface area contributed by atoms with E-state index >= 15 is 0 Å². The van der Waals surface area contributed by atoms with Crippen molar-refractivity contribution in [1.82, 2.24) is 20.2 Å². The Morgan fingerprint density at radius 3 is 2.43 bits per heavy atom. The lowest BCUT2D eigenvalue weighted by molar-refractivity contribution is -0.130. The van der Waals surface area contributed by atoms with Crippen LogP contribution < -0.4 is 22.1 Å². The number of aryl methyl sites for hydroxylation is 1. The van der Waals surface area contributed by atoms with Crippen molar-refractivity contribution in [3.05, 3.63) is 88.6 Å². The van der Waals surface area contributed by atoms with Crippen LogP contribution in [0.15, 0.2) is 71.8 Å². The highest BCUT2D eigenvalue weighted by Gasteiger charge is 2.35. The molecule has 10 nitrogen and oxygen atoms in total. The first-order chi connectivity index (χ1) is 19.8. The van der Waals surface area contributed by atoms with Crippen LogP contribution in [0.5, 0.6) is 0 Å². The summed E-state index contributed by atoms with van der Waals surface area (Å²) in [5.74, 6) is -0.219. The van der Waals surface area contributed by atoms with Crippen molar-refractivity contribution in [3.8, 4) is 22.5 Å². The number of aromatic nitrogens is 4. The van der Waals surface area contributed by atoms with Crippen LogP contribution in [0.2, 0.25) is 0 Å². The summed E-state index contributed by atoms with van der Waals surface area (Å²) in [6.45, 7) is 2.60. The first kappa shape index (κ1) is 30.8. The number of halogens is 1. The number of carbonyl (C=O) groups is 2. The molecule has 11 heteroatoms. The zero-order valence-electron chi connectivity index (χ0n) is 23.5. The Bertz CT molecular complexity index is 1580. The standard InChI is InChI=1S/C31H35N7O3.ClH/c1-19-18-34-14-13-26(19)24-4-2-3-21(15-24)16-27(33)30(40)38(29(39)23-7-5-20(17-32)6-8-23)25-11-9-22(10-12-25)28-35-31(41)37-36-28;/h2-4,9-15,18,20,23,27H,5-8,16-17,32-33H2,1H3,(H2,35,36,37,41);1H/t20?,23?,27-;/m0./s1. The highest BCUT2D eigenvalue weighted by molar-refractivity contribution is 6.17. The minimum absolute atomic E-state index is 0. The van der Waals surface area contributed by atoms with Gasteiger partial charge in [0.05, 0.1) is 11.7 Å². The number of amides is 2. The number of pyridine rings is 1. The third-order valence-electron chi connectivity index (χ3n) is 7.90. The maximum absolute atomic E-state index is 13.9. The average molecular weight is 590 g/mol. The minimum Gasteiger partial charge on any atom is -0.330 e. The molecule has 0 unspecified atom stereocenters. The molecule has 0 bridgehead atoms. The summed E-state index contributed by atoms with van der Waals surface area (Å²) < 4.78 is 0. The molecule has 2 aromatic heterocycles. The second-order valence-corrected chi connectivity index (χ2v) is 10.7. The van der Waals surface area contributed by atoms with Gasteiger partial charge in [0.25, 0.3) is 5.91 Å². The fourth-order valence-corrected chi connectivity index (χ4v) is 5.54. The van der Waals surface area contributed by atoms with Gasteiger partial charge in [0, 0.05) is 23.9 Å². The molecule has 2 aromatic carbocycles. The van der Waals surface area contributed by atoms with E-state index in [1.807, 2.05) is 43.5 Å². The van der Waals surface area contributed by atoms with Crippen molar-refractivity contribution in [1.29, 1.82) is 0 Å². The van der Waals surface area contributed by atoms with E-state index in [0.717, 1.165) is 35.1 Å². The molecule has 0 radical (unpaired) electrons. The Kier molecular flexibility index (Phi) is 10.1. The summed E-state index contributed by atoms with van der Waals surface area (Å²) in [7, 11) is 0. The van der Waals surface area contributed by atoms with Gasteiger partial charge in [-0.05, 0) is 104 Å². The molecule has 4 aromatic rings. The monoisotopic (exact) mass is 589 g/mol.